The molecule has 0 aromatic heterocycles. The third-order valence-electron chi connectivity index (χ3n) is 6.28. The van der Waals surface area contributed by atoms with Crippen molar-refractivity contribution in [2.75, 3.05) is 39.4 Å². The smallest absolute Gasteiger partial charge is 0.157 e. The summed E-state index contributed by atoms with van der Waals surface area (Å²) in [5.41, 5.74) is 0. The number of unbranched alkanes of at least 4 members (excludes halogenated alkanes) is 14. The summed E-state index contributed by atoms with van der Waals surface area (Å²) in [6.07, 6.45) is 30.8. The van der Waals surface area contributed by atoms with Crippen LogP contribution in [-0.2, 0) is 9.47 Å². The predicted octanol–water partition coefficient (Wildman–Crippen LogP) is 10.3. The fourth-order valence-corrected chi connectivity index (χ4v) is 5.21. The minimum atomic E-state index is -0.588. The summed E-state index contributed by atoms with van der Waals surface area (Å²) in [7, 11) is -0.588. The molecule has 0 aromatic carbocycles. The molecule has 3 heteroatoms. The van der Waals surface area contributed by atoms with Gasteiger partial charge in [0.2, 0.25) is 0 Å². The number of ether oxygens (including phenoxy) is 2. The summed E-state index contributed by atoms with van der Waals surface area (Å²) < 4.78 is 12.3. The zero-order valence-electron chi connectivity index (χ0n) is 23.6. The number of allylic oxidation sites excluding steroid dienone is 2. The maximum Gasteiger partial charge on any atom is 0.157 e. The van der Waals surface area contributed by atoms with Crippen molar-refractivity contribution in [1.82, 2.24) is 0 Å². The van der Waals surface area contributed by atoms with Gasteiger partial charge in [0, 0.05) is 40.5 Å². The van der Waals surface area contributed by atoms with Gasteiger partial charge in [0.1, 0.15) is 0 Å². The second-order valence-electron chi connectivity index (χ2n) is 11.0. The van der Waals surface area contributed by atoms with Crippen molar-refractivity contribution in [2.24, 2.45) is 0 Å². The van der Waals surface area contributed by atoms with Crippen molar-refractivity contribution >= 4 is 7.26 Å². The molecule has 0 saturated carbocycles. The Balaban J connectivity index is 3.91. The van der Waals surface area contributed by atoms with Gasteiger partial charge in [-0.1, -0.05) is 96.6 Å². The van der Waals surface area contributed by atoms with Gasteiger partial charge in [-0.05, 0) is 51.4 Å². The molecule has 0 aliphatic heterocycles. The molecule has 0 fully saturated rings. The zero-order chi connectivity index (χ0) is 24.5. The highest BCUT2D eigenvalue weighted by molar-refractivity contribution is 7.73. The fraction of sp³-hybridized carbons (Fsp3) is 0.933. The Bertz CT molecular complexity index is 385. The summed E-state index contributed by atoms with van der Waals surface area (Å²) in [6.45, 7) is 13.6. The lowest BCUT2D eigenvalue weighted by Gasteiger charge is -2.19. The third-order valence-corrected chi connectivity index (χ3v) is 7.94. The molecule has 0 saturated heterocycles. The van der Waals surface area contributed by atoms with Crippen molar-refractivity contribution in [2.45, 2.75) is 142 Å². The van der Waals surface area contributed by atoms with Gasteiger partial charge in [-0.15, -0.1) is 0 Å². The molecule has 0 aliphatic rings. The van der Waals surface area contributed by atoms with Crippen LogP contribution in [-0.4, -0.2) is 45.7 Å². The minimum Gasteiger partial charge on any atom is -0.353 e. The van der Waals surface area contributed by atoms with E-state index in [1.54, 1.807) is 0 Å². The molecule has 198 valence electrons. The standard InChI is InChI=1S/C30H62O2P/c1-6-8-10-12-19-23-27-31-30(32-28-24-20-13-11-9-7-2)26-22-18-16-14-15-17-21-25-29-33(3,4)5/h15,17,30H,6-14,16,18-29H2,1-5H3/q+1/b17-15+. The quantitative estimate of drug-likeness (QED) is 0.0525. The molecule has 2 nitrogen and oxygen atoms in total. The van der Waals surface area contributed by atoms with E-state index in [4.69, 9.17) is 9.47 Å². The molecule has 0 aromatic rings. The highest BCUT2D eigenvalue weighted by Crippen LogP contribution is 2.47. The molecular formula is C30H62O2P+. The van der Waals surface area contributed by atoms with Gasteiger partial charge in [-0.25, -0.2) is 0 Å². The molecule has 0 amide bonds. The van der Waals surface area contributed by atoms with Gasteiger partial charge < -0.3 is 9.47 Å². The maximum atomic E-state index is 6.16. The Hall–Kier alpha value is 0.0900. The average Bonchev–Trinajstić information content (AvgIpc) is 2.77. The zero-order valence-corrected chi connectivity index (χ0v) is 24.4. The van der Waals surface area contributed by atoms with Crippen LogP contribution in [0.5, 0.6) is 0 Å². The summed E-state index contributed by atoms with van der Waals surface area (Å²) in [4.78, 5) is 0. The monoisotopic (exact) mass is 485 g/mol. The van der Waals surface area contributed by atoms with Crippen LogP contribution in [0, 0.1) is 0 Å². The lowest BCUT2D eigenvalue weighted by molar-refractivity contribution is -0.148. The van der Waals surface area contributed by atoms with E-state index < -0.39 is 7.26 Å². The van der Waals surface area contributed by atoms with Crippen molar-refractivity contribution in [3.8, 4) is 0 Å². The van der Waals surface area contributed by atoms with Crippen molar-refractivity contribution in [1.29, 1.82) is 0 Å². The van der Waals surface area contributed by atoms with Gasteiger partial charge in [-0.2, -0.15) is 0 Å². The molecular weight excluding hydrogens is 423 g/mol. The second-order valence-corrected chi connectivity index (χ2v) is 16.0. The summed E-state index contributed by atoms with van der Waals surface area (Å²) in [6, 6.07) is 0. The van der Waals surface area contributed by atoms with E-state index in [0.717, 1.165) is 19.6 Å². The van der Waals surface area contributed by atoms with E-state index in [-0.39, 0.29) is 6.29 Å². The molecule has 0 rings (SSSR count). The first kappa shape index (κ1) is 33.1. The Morgan fingerprint density at radius 1 is 0.545 bits per heavy atom. The van der Waals surface area contributed by atoms with Crippen LogP contribution in [0.25, 0.3) is 0 Å². The second kappa shape index (κ2) is 25.2. The molecule has 0 unspecified atom stereocenters. The normalized spacial score (nSPS) is 12.4. The Morgan fingerprint density at radius 2 is 1.00 bits per heavy atom. The van der Waals surface area contributed by atoms with Gasteiger partial charge in [0.25, 0.3) is 0 Å². The topological polar surface area (TPSA) is 18.5 Å². The van der Waals surface area contributed by atoms with Crippen molar-refractivity contribution < 1.29 is 9.47 Å². The van der Waals surface area contributed by atoms with Crippen LogP contribution in [0.15, 0.2) is 12.2 Å². The molecule has 0 spiro atoms. The van der Waals surface area contributed by atoms with E-state index in [1.807, 2.05) is 0 Å². The van der Waals surface area contributed by atoms with Gasteiger partial charge in [0.05, 0.1) is 6.16 Å². The molecule has 33 heavy (non-hydrogen) atoms. The van der Waals surface area contributed by atoms with Gasteiger partial charge in [-0.3, -0.25) is 0 Å². The summed E-state index contributed by atoms with van der Waals surface area (Å²) >= 11 is 0. The Kier molecular flexibility index (Phi) is 25.3. The van der Waals surface area contributed by atoms with Crippen LogP contribution < -0.4 is 0 Å². The van der Waals surface area contributed by atoms with Gasteiger partial charge in [0.15, 0.2) is 6.29 Å². The number of hydrogen-bond acceptors (Lipinski definition) is 2. The SMILES string of the molecule is CCCCCCCCOC(CCCCC/C=C/CCC[P+](C)(C)C)OCCCCCCCC. The largest absolute Gasteiger partial charge is 0.353 e. The fourth-order valence-electron chi connectivity index (χ4n) is 4.08. The first-order valence-electron chi connectivity index (χ1n) is 14.7. The van der Waals surface area contributed by atoms with Crippen LogP contribution in [0.1, 0.15) is 136 Å². The van der Waals surface area contributed by atoms with E-state index in [2.05, 4.69) is 46.0 Å². The molecule has 0 heterocycles. The molecule has 0 bridgehead atoms. The van der Waals surface area contributed by atoms with Crippen LogP contribution in [0.2, 0.25) is 0 Å². The van der Waals surface area contributed by atoms with Crippen LogP contribution in [0.3, 0.4) is 0 Å². The lowest BCUT2D eigenvalue weighted by atomic mass is 10.1. The van der Waals surface area contributed by atoms with E-state index >= 15 is 0 Å². The van der Waals surface area contributed by atoms with Gasteiger partial charge >= 0.3 is 0 Å². The lowest BCUT2D eigenvalue weighted by Crippen LogP contribution is -2.19. The van der Waals surface area contributed by atoms with Crippen LogP contribution in [0.4, 0.5) is 0 Å². The first-order valence-corrected chi connectivity index (χ1v) is 18.0. The maximum absolute atomic E-state index is 6.16. The number of hydrogen-bond donors (Lipinski definition) is 0. The van der Waals surface area contributed by atoms with Crippen molar-refractivity contribution in [3.63, 3.8) is 0 Å². The molecule has 0 atom stereocenters. The highest BCUT2D eigenvalue weighted by atomic mass is 31.2. The Labute approximate surface area is 210 Å². The minimum absolute atomic E-state index is 0.0209. The summed E-state index contributed by atoms with van der Waals surface area (Å²) in [5, 5.41) is 0. The van der Waals surface area contributed by atoms with E-state index in [9.17, 15) is 0 Å². The van der Waals surface area contributed by atoms with Crippen LogP contribution >= 0.6 is 7.26 Å². The number of rotatable bonds is 26. The van der Waals surface area contributed by atoms with E-state index in [1.165, 1.54) is 122 Å². The van der Waals surface area contributed by atoms with Crippen molar-refractivity contribution in [3.05, 3.63) is 12.2 Å². The Morgan fingerprint density at radius 3 is 1.52 bits per heavy atom. The molecule has 0 aliphatic carbocycles. The summed E-state index contributed by atoms with van der Waals surface area (Å²) in [5.74, 6) is 0. The highest BCUT2D eigenvalue weighted by Gasteiger charge is 2.14. The molecule has 0 N–H and O–H groups in total. The first-order chi connectivity index (χ1) is 16.0. The van der Waals surface area contributed by atoms with E-state index in [0.29, 0.717) is 0 Å². The molecule has 0 radical (unpaired) electrons. The average molecular weight is 486 g/mol. The predicted molar refractivity (Wildman–Crippen MR) is 153 cm³/mol. The third kappa shape index (κ3) is 28.2.